The van der Waals surface area contributed by atoms with Crippen LogP contribution in [0.25, 0.3) is 0 Å². The van der Waals surface area contributed by atoms with Crippen molar-refractivity contribution in [3.8, 4) is 0 Å². The number of halogens is 1. The van der Waals surface area contributed by atoms with Crippen LogP contribution in [0.5, 0.6) is 0 Å². The zero-order valence-electron chi connectivity index (χ0n) is 15.1. The summed E-state index contributed by atoms with van der Waals surface area (Å²) in [5.74, 6) is 1.48. The van der Waals surface area contributed by atoms with Crippen LogP contribution in [0.2, 0.25) is 5.02 Å². The first kappa shape index (κ1) is 20.0. The van der Waals surface area contributed by atoms with Gasteiger partial charge < -0.3 is 20.1 Å². The number of guanidine groups is 1. The number of nitrogens with one attached hydrogen (secondary N) is 2. The molecule has 25 heavy (non-hydrogen) atoms. The molecule has 2 N–H and O–H groups in total. The first-order valence-corrected chi connectivity index (χ1v) is 9.58. The van der Waals surface area contributed by atoms with Crippen molar-refractivity contribution in [2.45, 2.75) is 32.7 Å². The Bertz CT molecular complexity index is 519. The lowest BCUT2D eigenvalue weighted by atomic mass is 10.0. The van der Waals surface area contributed by atoms with Crippen molar-refractivity contribution in [1.82, 2.24) is 10.6 Å². The van der Waals surface area contributed by atoms with Gasteiger partial charge in [-0.15, -0.1) is 0 Å². The lowest BCUT2D eigenvalue weighted by Crippen LogP contribution is -2.38. The van der Waals surface area contributed by atoms with Crippen molar-refractivity contribution < 1.29 is 9.47 Å². The highest BCUT2D eigenvalue weighted by Crippen LogP contribution is 2.16. The Balaban J connectivity index is 1.63. The number of hydrogen-bond donors (Lipinski definition) is 2. The fraction of sp³-hybridized carbons (Fsp3) is 0.632. The lowest BCUT2D eigenvalue weighted by Gasteiger charge is -2.21. The molecule has 0 bridgehead atoms. The molecule has 1 aliphatic rings. The third-order valence-corrected chi connectivity index (χ3v) is 4.53. The molecule has 1 heterocycles. The van der Waals surface area contributed by atoms with E-state index in [4.69, 9.17) is 21.1 Å². The highest BCUT2D eigenvalue weighted by molar-refractivity contribution is 6.31. The summed E-state index contributed by atoms with van der Waals surface area (Å²) in [6.45, 7) is 7.67. The topological polar surface area (TPSA) is 54.9 Å². The average molecular weight is 368 g/mol. The second-order valence-electron chi connectivity index (χ2n) is 6.20. The van der Waals surface area contributed by atoms with Gasteiger partial charge in [0.25, 0.3) is 0 Å². The smallest absolute Gasteiger partial charge is 0.191 e. The van der Waals surface area contributed by atoms with Crippen molar-refractivity contribution in [1.29, 1.82) is 0 Å². The van der Waals surface area contributed by atoms with E-state index in [9.17, 15) is 0 Å². The quantitative estimate of drug-likeness (QED) is 0.399. The molecule has 0 saturated carbocycles. The van der Waals surface area contributed by atoms with Gasteiger partial charge in [0, 0.05) is 44.5 Å². The van der Waals surface area contributed by atoms with Crippen LogP contribution in [0.1, 0.15) is 31.7 Å². The van der Waals surface area contributed by atoms with Crippen molar-refractivity contribution in [3.05, 3.63) is 34.9 Å². The molecule has 6 heteroatoms. The molecule has 0 aromatic heterocycles. The molecule has 0 spiro atoms. The molecule has 1 aromatic carbocycles. The van der Waals surface area contributed by atoms with Crippen LogP contribution in [0.15, 0.2) is 29.3 Å². The summed E-state index contributed by atoms with van der Waals surface area (Å²) in [7, 11) is 0. The second kappa shape index (κ2) is 12.1. The summed E-state index contributed by atoms with van der Waals surface area (Å²) in [6, 6.07) is 7.80. The first-order chi connectivity index (χ1) is 12.3. The number of ether oxygens (including phenoxy) is 2. The predicted octanol–water partition coefficient (Wildman–Crippen LogP) is 3.23. The number of aliphatic imine (C=N–C) groups is 1. The van der Waals surface area contributed by atoms with Gasteiger partial charge in [0.2, 0.25) is 0 Å². The van der Waals surface area contributed by atoms with E-state index in [1.165, 1.54) is 0 Å². The fourth-order valence-corrected chi connectivity index (χ4v) is 2.87. The number of nitrogens with zero attached hydrogens (tertiary/aromatic N) is 1. The molecule has 5 nitrogen and oxygen atoms in total. The van der Waals surface area contributed by atoms with E-state index in [1.54, 1.807) is 0 Å². The van der Waals surface area contributed by atoms with Crippen LogP contribution in [-0.2, 0) is 16.0 Å². The molecule has 1 saturated heterocycles. The Morgan fingerprint density at radius 2 is 2.08 bits per heavy atom. The molecule has 1 fully saturated rings. The average Bonchev–Trinajstić information content (AvgIpc) is 2.64. The maximum absolute atomic E-state index is 6.18. The van der Waals surface area contributed by atoms with E-state index >= 15 is 0 Å². The van der Waals surface area contributed by atoms with Crippen LogP contribution >= 0.6 is 11.6 Å². The van der Waals surface area contributed by atoms with E-state index in [0.29, 0.717) is 12.5 Å². The van der Waals surface area contributed by atoms with Crippen LogP contribution in [0, 0.1) is 5.92 Å². The fourth-order valence-electron chi connectivity index (χ4n) is 2.68. The predicted molar refractivity (Wildman–Crippen MR) is 103 cm³/mol. The van der Waals surface area contributed by atoms with Crippen LogP contribution in [0.3, 0.4) is 0 Å². The Morgan fingerprint density at radius 3 is 2.84 bits per heavy atom. The largest absolute Gasteiger partial charge is 0.381 e. The third kappa shape index (κ3) is 8.08. The molecule has 0 amide bonds. The van der Waals surface area contributed by atoms with E-state index in [-0.39, 0.29) is 0 Å². The SMILES string of the molecule is CCNC(=NCc1ccccc1Cl)NCCCOCC1CCOCC1. The van der Waals surface area contributed by atoms with Crippen molar-refractivity contribution in [2.24, 2.45) is 10.9 Å². The van der Waals surface area contributed by atoms with Gasteiger partial charge in [-0.2, -0.15) is 0 Å². The van der Waals surface area contributed by atoms with Crippen LogP contribution in [0.4, 0.5) is 0 Å². The second-order valence-corrected chi connectivity index (χ2v) is 6.60. The maximum atomic E-state index is 6.18. The van der Waals surface area contributed by atoms with Crippen molar-refractivity contribution >= 4 is 17.6 Å². The maximum Gasteiger partial charge on any atom is 0.191 e. The van der Waals surface area contributed by atoms with E-state index in [1.807, 2.05) is 24.3 Å². The summed E-state index contributed by atoms with van der Waals surface area (Å²) in [4.78, 5) is 4.59. The molecule has 1 aromatic rings. The third-order valence-electron chi connectivity index (χ3n) is 4.16. The van der Waals surface area contributed by atoms with E-state index in [0.717, 1.165) is 75.3 Å². The lowest BCUT2D eigenvalue weighted by molar-refractivity contribution is 0.0203. The number of hydrogen-bond acceptors (Lipinski definition) is 3. The summed E-state index contributed by atoms with van der Waals surface area (Å²) < 4.78 is 11.1. The molecule has 0 atom stereocenters. The molecule has 1 aliphatic heterocycles. The minimum Gasteiger partial charge on any atom is -0.381 e. The molecule has 0 radical (unpaired) electrons. The van der Waals surface area contributed by atoms with Gasteiger partial charge in [0.05, 0.1) is 6.54 Å². The molecule has 140 valence electrons. The first-order valence-electron chi connectivity index (χ1n) is 9.20. The van der Waals surface area contributed by atoms with Gasteiger partial charge in [0.15, 0.2) is 5.96 Å². The van der Waals surface area contributed by atoms with Gasteiger partial charge in [0.1, 0.15) is 0 Å². The molecule has 0 aliphatic carbocycles. The zero-order valence-corrected chi connectivity index (χ0v) is 15.9. The van der Waals surface area contributed by atoms with E-state index in [2.05, 4.69) is 22.5 Å². The minimum atomic E-state index is 0.565. The van der Waals surface area contributed by atoms with Crippen molar-refractivity contribution in [3.63, 3.8) is 0 Å². The number of rotatable bonds is 9. The molecule has 0 unspecified atom stereocenters. The molecular weight excluding hydrogens is 338 g/mol. The summed E-state index contributed by atoms with van der Waals surface area (Å²) in [5.41, 5.74) is 1.03. The monoisotopic (exact) mass is 367 g/mol. The van der Waals surface area contributed by atoms with Crippen LogP contribution < -0.4 is 10.6 Å². The minimum absolute atomic E-state index is 0.565. The number of benzene rings is 1. The van der Waals surface area contributed by atoms with Gasteiger partial charge >= 0.3 is 0 Å². The van der Waals surface area contributed by atoms with Crippen LogP contribution in [-0.4, -0.2) is 45.5 Å². The summed E-state index contributed by atoms with van der Waals surface area (Å²) in [5, 5.41) is 7.35. The van der Waals surface area contributed by atoms with E-state index < -0.39 is 0 Å². The zero-order chi connectivity index (χ0) is 17.7. The van der Waals surface area contributed by atoms with Gasteiger partial charge in [-0.1, -0.05) is 29.8 Å². The highest BCUT2D eigenvalue weighted by atomic mass is 35.5. The Morgan fingerprint density at radius 1 is 1.28 bits per heavy atom. The van der Waals surface area contributed by atoms with Gasteiger partial charge in [-0.3, -0.25) is 0 Å². The molecule has 2 rings (SSSR count). The van der Waals surface area contributed by atoms with Gasteiger partial charge in [-0.05, 0) is 43.7 Å². The Labute approximate surface area is 156 Å². The van der Waals surface area contributed by atoms with Crippen molar-refractivity contribution in [2.75, 3.05) is 39.5 Å². The molecular formula is C19H30ClN3O2. The Kier molecular flexibility index (Phi) is 9.70. The summed E-state index contributed by atoms with van der Waals surface area (Å²) >= 11 is 6.18. The normalized spacial score (nSPS) is 16.0. The van der Waals surface area contributed by atoms with Gasteiger partial charge in [-0.25, -0.2) is 4.99 Å². The Hall–Kier alpha value is -1.30. The standard InChI is InChI=1S/C19H30ClN3O2/c1-2-21-19(23-14-17-6-3-4-7-18(17)20)22-10-5-11-25-15-16-8-12-24-13-9-16/h3-4,6-7,16H,2,5,8-15H2,1H3,(H2,21,22,23). The summed E-state index contributed by atoms with van der Waals surface area (Å²) in [6.07, 6.45) is 3.20. The highest BCUT2D eigenvalue weighted by Gasteiger charge is 2.13.